The first-order valence-corrected chi connectivity index (χ1v) is 6.16. The molecule has 2 N–H and O–H groups in total. The van der Waals surface area contributed by atoms with Gasteiger partial charge >= 0.3 is 6.18 Å². The number of rotatable bonds is 1. The Morgan fingerprint density at radius 3 is 2.58 bits per heavy atom. The van der Waals surface area contributed by atoms with Gasteiger partial charge in [0.2, 0.25) is 0 Å². The van der Waals surface area contributed by atoms with Gasteiger partial charge in [0.15, 0.2) is 0 Å². The Hall–Kier alpha value is -1.30. The number of nitrogens with zero attached hydrogens (tertiary/aromatic N) is 1. The quantitative estimate of drug-likeness (QED) is 0.799. The van der Waals surface area contributed by atoms with Crippen molar-refractivity contribution >= 4 is 5.69 Å². The molecular weight excluding hydrogens is 260 g/mol. The zero-order valence-electron chi connectivity index (χ0n) is 10.5. The lowest BCUT2D eigenvalue weighted by Gasteiger charge is -2.36. The van der Waals surface area contributed by atoms with E-state index in [2.05, 4.69) is 0 Å². The maximum absolute atomic E-state index is 13.2. The highest BCUT2D eigenvalue weighted by Gasteiger charge is 2.35. The smallest absolute Gasteiger partial charge is 0.371 e. The predicted molar refractivity (Wildman–Crippen MR) is 65.4 cm³/mol. The van der Waals surface area contributed by atoms with E-state index in [0.717, 1.165) is 18.6 Å². The molecule has 0 aromatic heterocycles. The van der Waals surface area contributed by atoms with Crippen molar-refractivity contribution in [1.29, 1.82) is 0 Å². The molecule has 2 nitrogen and oxygen atoms in total. The molecule has 0 amide bonds. The second-order valence-electron chi connectivity index (χ2n) is 5.04. The fraction of sp³-hybridized carbons (Fsp3) is 0.538. The maximum atomic E-state index is 13.2. The van der Waals surface area contributed by atoms with E-state index < -0.39 is 17.6 Å². The van der Waals surface area contributed by atoms with Crippen LogP contribution in [-0.2, 0) is 6.18 Å². The molecule has 1 aromatic carbocycles. The zero-order chi connectivity index (χ0) is 14.2. The van der Waals surface area contributed by atoms with Crippen LogP contribution in [0.3, 0.4) is 0 Å². The zero-order valence-corrected chi connectivity index (χ0v) is 10.5. The van der Waals surface area contributed by atoms with Crippen LogP contribution in [-0.4, -0.2) is 19.1 Å². The fourth-order valence-corrected chi connectivity index (χ4v) is 2.33. The number of anilines is 1. The molecule has 2 atom stereocenters. The number of benzene rings is 1. The summed E-state index contributed by atoms with van der Waals surface area (Å²) < 4.78 is 51.2. The molecule has 1 fully saturated rings. The SMILES string of the molecule is CC1CN(c2ccc(F)c(C(F)(F)F)c2)CCC1N. The second-order valence-corrected chi connectivity index (χ2v) is 5.04. The first kappa shape index (κ1) is 14.1. The van der Waals surface area contributed by atoms with Gasteiger partial charge in [-0.15, -0.1) is 0 Å². The average Bonchev–Trinajstić information content (AvgIpc) is 2.32. The lowest BCUT2D eigenvalue weighted by molar-refractivity contribution is -0.139. The van der Waals surface area contributed by atoms with Crippen molar-refractivity contribution in [2.24, 2.45) is 11.7 Å². The van der Waals surface area contributed by atoms with E-state index in [0.29, 0.717) is 18.8 Å². The van der Waals surface area contributed by atoms with E-state index in [9.17, 15) is 17.6 Å². The van der Waals surface area contributed by atoms with Gasteiger partial charge in [0.05, 0.1) is 5.56 Å². The standard InChI is InChI=1S/C13H16F4N2/c1-8-7-19(5-4-12(8)18)9-2-3-11(14)10(6-9)13(15,16)17/h2-3,6,8,12H,4-5,7,18H2,1H3. The van der Waals surface area contributed by atoms with Gasteiger partial charge in [-0.25, -0.2) is 4.39 Å². The Morgan fingerprint density at radius 1 is 1.32 bits per heavy atom. The van der Waals surface area contributed by atoms with Gasteiger partial charge in [-0.1, -0.05) is 6.92 Å². The van der Waals surface area contributed by atoms with Crippen LogP contribution >= 0.6 is 0 Å². The number of alkyl halides is 3. The molecule has 1 aliphatic rings. The molecule has 1 aliphatic heterocycles. The fourth-order valence-electron chi connectivity index (χ4n) is 2.33. The number of nitrogens with two attached hydrogens (primary N) is 1. The minimum absolute atomic E-state index is 0.0683. The van der Waals surface area contributed by atoms with Gasteiger partial charge in [-0.05, 0) is 30.5 Å². The molecule has 2 unspecified atom stereocenters. The van der Waals surface area contributed by atoms with Crippen molar-refractivity contribution in [3.8, 4) is 0 Å². The lowest BCUT2D eigenvalue weighted by atomic mass is 9.94. The number of halogens is 4. The van der Waals surface area contributed by atoms with Crippen molar-refractivity contribution in [2.45, 2.75) is 25.6 Å². The van der Waals surface area contributed by atoms with E-state index >= 15 is 0 Å². The monoisotopic (exact) mass is 276 g/mol. The third kappa shape index (κ3) is 3.00. The van der Waals surface area contributed by atoms with Gasteiger partial charge in [-0.3, -0.25) is 0 Å². The van der Waals surface area contributed by atoms with E-state index in [1.807, 2.05) is 11.8 Å². The van der Waals surface area contributed by atoms with Crippen molar-refractivity contribution in [2.75, 3.05) is 18.0 Å². The van der Waals surface area contributed by atoms with Gasteiger partial charge < -0.3 is 10.6 Å². The molecule has 6 heteroatoms. The first-order chi connectivity index (χ1) is 8.79. The van der Waals surface area contributed by atoms with Crippen molar-refractivity contribution in [1.82, 2.24) is 0 Å². The molecule has 0 saturated carbocycles. The molecule has 106 valence electrons. The molecule has 0 aliphatic carbocycles. The predicted octanol–water partition coefficient (Wildman–Crippen LogP) is 3.02. The minimum Gasteiger partial charge on any atom is -0.371 e. The highest BCUT2D eigenvalue weighted by Crippen LogP contribution is 2.34. The Bertz CT molecular complexity index is 458. The maximum Gasteiger partial charge on any atom is 0.419 e. The van der Waals surface area contributed by atoms with Crippen LogP contribution in [0.1, 0.15) is 18.9 Å². The van der Waals surface area contributed by atoms with Crippen LogP contribution in [0.2, 0.25) is 0 Å². The summed E-state index contributed by atoms with van der Waals surface area (Å²) in [6.07, 6.45) is -3.95. The summed E-state index contributed by atoms with van der Waals surface area (Å²) in [5.74, 6) is -1.04. The van der Waals surface area contributed by atoms with Crippen LogP contribution < -0.4 is 10.6 Å². The third-order valence-electron chi connectivity index (χ3n) is 3.59. The molecule has 1 heterocycles. The van der Waals surface area contributed by atoms with Crippen LogP contribution in [0.15, 0.2) is 18.2 Å². The van der Waals surface area contributed by atoms with Gasteiger partial charge in [-0.2, -0.15) is 13.2 Å². The summed E-state index contributed by atoms with van der Waals surface area (Å²) >= 11 is 0. The summed E-state index contributed by atoms with van der Waals surface area (Å²) in [7, 11) is 0. The largest absolute Gasteiger partial charge is 0.419 e. The van der Waals surface area contributed by atoms with Gasteiger partial charge in [0, 0.05) is 24.8 Å². The average molecular weight is 276 g/mol. The Balaban J connectivity index is 2.27. The topological polar surface area (TPSA) is 29.3 Å². The molecule has 0 radical (unpaired) electrons. The Kier molecular flexibility index (Phi) is 3.71. The van der Waals surface area contributed by atoms with Crippen molar-refractivity contribution in [3.05, 3.63) is 29.6 Å². The molecule has 2 rings (SSSR count). The number of hydrogen-bond acceptors (Lipinski definition) is 2. The van der Waals surface area contributed by atoms with Gasteiger partial charge in [0.1, 0.15) is 5.82 Å². The molecule has 0 bridgehead atoms. The Labute approximate surface area is 109 Å². The van der Waals surface area contributed by atoms with Crippen LogP contribution in [0, 0.1) is 11.7 Å². The molecule has 1 aromatic rings. The van der Waals surface area contributed by atoms with Gasteiger partial charge in [0.25, 0.3) is 0 Å². The summed E-state index contributed by atoms with van der Waals surface area (Å²) in [4.78, 5) is 1.82. The van der Waals surface area contributed by atoms with Crippen LogP contribution in [0.4, 0.5) is 23.2 Å². The van der Waals surface area contributed by atoms with Crippen molar-refractivity contribution < 1.29 is 17.6 Å². The lowest BCUT2D eigenvalue weighted by Crippen LogP contribution is -2.46. The highest BCUT2D eigenvalue weighted by atomic mass is 19.4. The van der Waals surface area contributed by atoms with Crippen molar-refractivity contribution in [3.63, 3.8) is 0 Å². The number of piperidine rings is 1. The summed E-state index contributed by atoms with van der Waals surface area (Å²) in [5.41, 5.74) is 5.06. The normalized spacial score (nSPS) is 24.6. The second kappa shape index (κ2) is 5.00. The van der Waals surface area contributed by atoms with E-state index in [1.165, 1.54) is 6.07 Å². The third-order valence-corrected chi connectivity index (χ3v) is 3.59. The minimum atomic E-state index is -4.67. The first-order valence-electron chi connectivity index (χ1n) is 6.16. The Morgan fingerprint density at radius 2 is 2.00 bits per heavy atom. The summed E-state index contributed by atoms with van der Waals surface area (Å²) in [5, 5.41) is 0. The van der Waals surface area contributed by atoms with Crippen LogP contribution in [0.25, 0.3) is 0 Å². The molecule has 1 saturated heterocycles. The number of hydrogen-bond donors (Lipinski definition) is 1. The van der Waals surface area contributed by atoms with Crippen LogP contribution in [0.5, 0.6) is 0 Å². The molecular formula is C13H16F4N2. The molecule has 19 heavy (non-hydrogen) atoms. The van der Waals surface area contributed by atoms with E-state index in [-0.39, 0.29) is 12.0 Å². The van der Waals surface area contributed by atoms with E-state index in [1.54, 1.807) is 0 Å². The molecule has 0 spiro atoms. The summed E-state index contributed by atoms with van der Waals surface area (Å²) in [6, 6.07) is 3.20. The highest BCUT2D eigenvalue weighted by molar-refractivity contribution is 5.50. The van der Waals surface area contributed by atoms with E-state index in [4.69, 9.17) is 5.73 Å². The summed E-state index contributed by atoms with van der Waals surface area (Å²) in [6.45, 7) is 3.14.